The zero-order valence-electron chi connectivity index (χ0n) is 11.0. The summed E-state index contributed by atoms with van der Waals surface area (Å²) in [7, 11) is 0. The molecular formula is C12H17NO6. The van der Waals surface area contributed by atoms with Gasteiger partial charge in [-0.1, -0.05) is 0 Å². The van der Waals surface area contributed by atoms with Gasteiger partial charge in [-0.25, -0.2) is 9.59 Å². The van der Waals surface area contributed by atoms with Gasteiger partial charge >= 0.3 is 17.7 Å². The number of nitrogens with zero attached hydrogens (tertiary/aromatic N) is 1. The molecule has 2 aliphatic heterocycles. The topological polar surface area (TPSA) is 82.1 Å². The second kappa shape index (κ2) is 5.16. The molecule has 0 aliphatic carbocycles. The maximum Gasteiger partial charge on any atom is 0.372 e. The Kier molecular flexibility index (Phi) is 3.75. The lowest BCUT2D eigenvalue weighted by Gasteiger charge is -2.52. The fourth-order valence-corrected chi connectivity index (χ4v) is 2.41. The van der Waals surface area contributed by atoms with Crippen LogP contribution in [-0.4, -0.2) is 54.3 Å². The minimum absolute atomic E-state index is 0.0933. The summed E-state index contributed by atoms with van der Waals surface area (Å²) in [5.74, 6) is -2.07. The van der Waals surface area contributed by atoms with Gasteiger partial charge in [0.2, 0.25) is 5.91 Å². The van der Waals surface area contributed by atoms with Crippen molar-refractivity contribution in [3.8, 4) is 0 Å². The number of amides is 1. The van der Waals surface area contributed by atoms with Crippen molar-refractivity contribution in [2.24, 2.45) is 0 Å². The van der Waals surface area contributed by atoms with Gasteiger partial charge in [0.25, 0.3) is 0 Å². The van der Waals surface area contributed by atoms with E-state index in [0.717, 1.165) is 4.90 Å². The first-order valence-electron chi connectivity index (χ1n) is 6.38. The van der Waals surface area contributed by atoms with Crippen LogP contribution >= 0.6 is 0 Å². The Hall–Kier alpha value is -1.63. The molecule has 106 valence electrons. The quantitative estimate of drug-likeness (QED) is 0.401. The minimum Gasteiger partial charge on any atom is -0.462 e. The highest BCUT2D eigenvalue weighted by atomic mass is 16.6. The van der Waals surface area contributed by atoms with Crippen molar-refractivity contribution in [1.29, 1.82) is 0 Å². The monoisotopic (exact) mass is 271 g/mol. The van der Waals surface area contributed by atoms with Gasteiger partial charge in [-0.15, -0.1) is 0 Å². The van der Waals surface area contributed by atoms with E-state index in [4.69, 9.17) is 14.2 Å². The molecule has 1 amide bonds. The molecule has 1 unspecified atom stereocenters. The summed E-state index contributed by atoms with van der Waals surface area (Å²) in [4.78, 5) is 37.1. The Morgan fingerprint density at radius 2 is 1.89 bits per heavy atom. The summed E-state index contributed by atoms with van der Waals surface area (Å²) in [5.41, 5.74) is -2.05. The van der Waals surface area contributed by atoms with Crippen molar-refractivity contribution < 1.29 is 28.6 Å². The molecule has 0 aromatic carbocycles. The average molecular weight is 271 g/mol. The van der Waals surface area contributed by atoms with Crippen LogP contribution in [0, 0.1) is 0 Å². The number of rotatable bonds is 4. The molecule has 0 saturated carbocycles. The van der Waals surface area contributed by atoms with Gasteiger partial charge in [0.1, 0.15) is 0 Å². The summed E-state index contributed by atoms with van der Waals surface area (Å²) in [5, 5.41) is 0. The largest absolute Gasteiger partial charge is 0.462 e. The molecule has 19 heavy (non-hydrogen) atoms. The molecule has 2 heterocycles. The Morgan fingerprint density at radius 1 is 1.32 bits per heavy atom. The third-order valence-corrected chi connectivity index (χ3v) is 3.25. The molecule has 0 aromatic rings. The van der Waals surface area contributed by atoms with E-state index in [2.05, 4.69) is 0 Å². The van der Waals surface area contributed by atoms with Gasteiger partial charge in [-0.3, -0.25) is 9.69 Å². The highest BCUT2D eigenvalue weighted by Crippen LogP contribution is 2.38. The zero-order valence-corrected chi connectivity index (χ0v) is 11.0. The molecule has 7 nitrogen and oxygen atoms in total. The summed E-state index contributed by atoms with van der Waals surface area (Å²) >= 11 is 0. The Bertz CT molecular complexity index is 389. The van der Waals surface area contributed by atoms with Crippen molar-refractivity contribution in [3.05, 3.63) is 0 Å². The first-order valence-corrected chi connectivity index (χ1v) is 6.38. The number of carbonyl (C=O) groups excluding carboxylic acids is 3. The van der Waals surface area contributed by atoms with E-state index in [0.29, 0.717) is 12.8 Å². The van der Waals surface area contributed by atoms with Crippen molar-refractivity contribution in [3.63, 3.8) is 0 Å². The van der Waals surface area contributed by atoms with Gasteiger partial charge in [0.05, 0.1) is 19.8 Å². The van der Waals surface area contributed by atoms with Crippen LogP contribution in [0.15, 0.2) is 0 Å². The van der Waals surface area contributed by atoms with E-state index in [1.54, 1.807) is 13.8 Å². The predicted octanol–water partition coefficient (Wildman–Crippen LogP) is -0.170. The standard InChI is InChI=1S/C12H17NO6/c1-3-17-10(15)12(11(16)18-4-2)13-8(5-6-19-12)7-9(13)14/h8H,3-7H2,1-2H3. The van der Waals surface area contributed by atoms with E-state index < -0.39 is 17.7 Å². The third-order valence-electron chi connectivity index (χ3n) is 3.25. The average Bonchev–Trinajstić information content (AvgIpc) is 2.37. The number of fused-ring (bicyclic) bond motifs is 1. The highest BCUT2D eigenvalue weighted by molar-refractivity contribution is 6.07. The second-order valence-corrected chi connectivity index (χ2v) is 4.34. The van der Waals surface area contributed by atoms with Crippen LogP contribution in [-0.2, 0) is 28.6 Å². The van der Waals surface area contributed by atoms with Crippen LogP contribution in [0.25, 0.3) is 0 Å². The molecule has 0 bridgehead atoms. The molecule has 2 rings (SSSR count). The van der Waals surface area contributed by atoms with E-state index >= 15 is 0 Å². The first kappa shape index (κ1) is 13.8. The van der Waals surface area contributed by atoms with Crippen LogP contribution in [0.5, 0.6) is 0 Å². The number of β-lactam (4-membered cyclic amide) rings is 1. The number of hydrogen-bond donors (Lipinski definition) is 0. The van der Waals surface area contributed by atoms with Crippen LogP contribution in [0.1, 0.15) is 26.7 Å². The van der Waals surface area contributed by atoms with Crippen molar-refractivity contribution in [2.45, 2.75) is 38.5 Å². The zero-order chi connectivity index (χ0) is 14.0. The molecule has 2 fully saturated rings. The molecule has 2 saturated heterocycles. The number of hydrogen-bond acceptors (Lipinski definition) is 6. The summed E-state index contributed by atoms with van der Waals surface area (Å²) in [6.45, 7) is 3.64. The van der Waals surface area contributed by atoms with Crippen LogP contribution in [0.3, 0.4) is 0 Å². The van der Waals surface area contributed by atoms with Gasteiger partial charge in [0, 0.05) is 12.5 Å². The smallest absolute Gasteiger partial charge is 0.372 e. The summed E-state index contributed by atoms with van der Waals surface area (Å²) in [6, 6.07) is -0.157. The lowest BCUT2D eigenvalue weighted by molar-refractivity contribution is -0.248. The Balaban J connectivity index is 2.34. The maximum atomic E-state index is 12.1. The van der Waals surface area contributed by atoms with Gasteiger partial charge < -0.3 is 14.2 Å². The number of carbonyl (C=O) groups is 3. The lowest BCUT2D eigenvalue weighted by atomic mass is 9.91. The van der Waals surface area contributed by atoms with E-state index in [1.807, 2.05) is 0 Å². The molecule has 0 N–H and O–H groups in total. The third kappa shape index (κ3) is 1.98. The van der Waals surface area contributed by atoms with E-state index in [-0.39, 0.29) is 31.8 Å². The van der Waals surface area contributed by atoms with Crippen molar-refractivity contribution in [1.82, 2.24) is 4.90 Å². The number of ether oxygens (including phenoxy) is 3. The van der Waals surface area contributed by atoms with Crippen LogP contribution < -0.4 is 0 Å². The molecule has 0 radical (unpaired) electrons. The van der Waals surface area contributed by atoms with Crippen molar-refractivity contribution in [2.75, 3.05) is 19.8 Å². The van der Waals surface area contributed by atoms with E-state index in [9.17, 15) is 14.4 Å². The molecule has 7 heteroatoms. The molecule has 2 aliphatic rings. The second-order valence-electron chi connectivity index (χ2n) is 4.34. The molecular weight excluding hydrogens is 254 g/mol. The number of esters is 2. The van der Waals surface area contributed by atoms with Gasteiger partial charge in [-0.2, -0.15) is 0 Å². The Labute approximate surface area is 110 Å². The molecule has 1 atom stereocenters. The minimum atomic E-state index is -2.05. The fraction of sp³-hybridized carbons (Fsp3) is 0.750. The Morgan fingerprint density at radius 3 is 2.37 bits per heavy atom. The van der Waals surface area contributed by atoms with Crippen molar-refractivity contribution >= 4 is 17.8 Å². The summed E-state index contributed by atoms with van der Waals surface area (Å²) in [6.07, 6.45) is 0.927. The first-order chi connectivity index (χ1) is 9.07. The van der Waals surface area contributed by atoms with E-state index in [1.165, 1.54) is 0 Å². The molecule has 0 aromatic heterocycles. The highest BCUT2D eigenvalue weighted by Gasteiger charge is 2.65. The SMILES string of the molecule is CCOC(=O)C1(C(=O)OCC)OCCC2CC(=O)N21. The van der Waals surface area contributed by atoms with Gasteiger partial charge in [-0.05, 0) is 20.3 Å². The maximum absolute atomic E-state index is 12.1. The fourth-order valence-electron chi connectivity index (χ4n) is 2.41. The lowest BCUT2D eigenvalue weighted by Crippen LogP contribution is -2.75. The van der Waals surface area contributed by atoms with Crippen LogP contribution in [0.4, 0.5) is 0 Å². The normalized spacial score (nSPS) is 24.2. The predicted molar refractivity (Wildman–Crippen MR) is 61.8 cm³/mol. The molecule has 0 spiro atoms. The van der Waals surface area contributed by atoms with Gasteiger partial charge in [0.15, 0.2) is 0 Å². The van der Waals surface area contributed by atoms with Crippen LogP contribution in [0.2, 0.25) is 0 Å². The summed E-state index contributed by atoms with van der Waals surface area (Å²) < 4.78 is 15.1.